The molecule has 2 radical (unpaired) electrons. The highest BCUT2D eigenvalue weighted by Gasteiger charge is 1.50. The first kappa shape index (κ1) is 4.03. The van der Waals surface area contributed by atoms with Gasteiger partial charge in [0.2, 0.25) is 0 Å². The zero-order chi connectivity index (χ0) is 3.41. The Morgan fingerprint density at radius 3 is 2.00 bits per heavy atom. The monoisotopic (exact) mass is 74.0 g/mol. The van der Waals surface area contributed by atoms with Gasteiger partial charge >= 0.3 is 0 Å². The van der Waals surface area contributed by atoms with Crippen molar-refractivity contribution in [2.24, 2.45) is 0 Å². The van der Waals surface area contributed by atoms with Crippen LogP contribution in [0.15, 0.2) is 6.08 Å². The van der Waals surface area contributed by atoms with Gasteiger partial charge < -0.3 is 0 Å². The Morgan fingerprint density at radius 1 is 1.75 bits per heavy atom. The summed E-state index contributed by atoms with van der Waals surface area (Å²) in [4.78, 5) is 0. The maximum absolute atomic E-state index is 4.88. The molecule has 0 nitrogen and oxygen atoms in total. The molecule has 0 aliphatic rings. The van der Waals surface area contributed by atoms with Crippen LogP contribution in [0.5, 0.6) is 0 Å². The van der Waals surface area contributed by atoms with Crippen molar-refractivity contribution in [2.45, 2.75) is 0 Å². The Labute approximate surface area is 31.1 Å². The summed E-state index contributed by atoms with van der Waals surface area (Å²) in [6.07, 6.45) is 1.27. The second-order valence-electron chi connectivity index (χ2n) is 0.318. The van der Waals surface area contributed by atoms with Crippen LogP contribution < -0.4 is 0 Å². The van der Waals surface area contributed by atoms with Gasteiger partial charge in [0.15, 0.2) is 0 Å². The molecular weight excluding hydrogens is 71.5 g/mol. The molecular formula is C3H3Cl. The van der Waals surface area contributed by atoms with Crippen molar-refractivity contribution in [1.29, 1.82) is 0 Å². The summed E-state index contributed by atoms with van der Waals surface area (Å²) in [6, 6.07) is 0. The molecule has 0 saturated heterocycles. The molecule has 4 heavy (non-hydrogen) atoms. The average molecular weight is 74.5 g/mol. The first-order chi connectivity index (χ1) is 1.91. The van der Waals surface area contributed by atoms with Crippen LogP contribution in [0.1, 0.15) is 0 Å². The van der Waals surface area contributed by atoms with Crippen LogP contribution in [-0.4, -0.2) is 0 Å². The smallest absolute Gasteiger partial charge is 0.0718 e. The van der Waals surface area contributed by atoms with Gasteiger partial charge in [-0.1, -0.05) is 12.7 Å². The Kier molecular flexibility index (Phi) is 3.05. The summed E-state index contributed by atoms with van der Waals surface area (Å²) < 4.78 is 0. The van der Waals surface area contributed by atoms with Crippen LogP contribution in [0, 0.1) is 12.5 Å². The Morgan fingerprint density at radius 2 is 2.00 bits per heavy atom. The molecule has 0 aliphatic carbocycles. The fourth-order valence-electron chi connectivity index (χ4n) is 0. The van der Waals surface area contributed by atoms with Crippen LogP contribution >= 0.6 is 11.6 Å². The highest BCUT2D eigenvalue weighted by Crippen LogP contribution is 1.77. The van der Waals surface area contributed by atoms with E-state index in [4.69, 9.17) is 18.2 Å². The van der Waals surface area contributed by atoms with Crippen molar-refractivity contribution in [1.82, 2.24) is 0 Å². The van der Waals surface area contributed by atoms with E-state index in [1.165, 1.54) is 12.0 Å². The van der Waals surface area contributed by atoms with Crippen molar-refractivity contribution in [3.8, 4) is 0 Å². The zero-order valence-electron chi connectivity index (χ0n) is 2.11. The average Bonchev–Trinajstić information content (AvgIpc) is 1.37. The number of halogens is 1. The molecule has 0 unspecified atom stereocenters. The number of hydrogen-bond acceptors (Lipinski definition) is 0. The van der Waals surface area contributed by atoms with Gasteiger partial charge in [0, 0.05) is 0 Å². The minimum atomic E-state index is 1.25. The molecule has 1 heteroatoms. The summed E-state index contributed by atoms with van der Waals surface area (Å²) in [6.45, 7) is 4.72. The van der Waals surface area contributed by atoms with E-state index >= 15 is 0 Å². The molecule has 0 N–H and O–H groups in total. The van der Waals surface area contributed by atoms with E-state index in [0.29, 0.717) is 0 Å². The minimum absolute atomic E-state index is 1.25. The quantitative estimate of drug-likeness (QED) is 0.441. The maximum atomic E-state index is 4.88. The highest BCUT2D eigenvalue weighted by atomic mass is 35.5. The van der Waals surface area contributed by atoms with Crippen LogP contribution in [0.4, 0.5) is 0 Å². The molecule has 0 spiro atoms. The lowest BCUT2D eigenvalue weighted by atomic mass is 10.8. The van der Waals surface area contributed by atoms with E-state index in [1.54, 1.807) is 0 Å². The second kappa shape index (κ2) is 3.03. The number of allylic oxidation sites excluding steroid dienone is 1. The number of rotatable bonds is 1. The molecule has 22 valence electrons. The van der Waals surface area contributed by atoms with Gasteiger partial charge in [-0.15, -0.1) is 11.6 Å². The van der Waals surface area contributed by atoms with E-state index in [1.807, 2.05) is 0 Å². The first-order valence-corrected chi connectivity index (χ1v) is 1.32. The highest BCUT2D eigenvalue weighted by molar-refractivity contribution is 6.24. The van der Waals surface area contributed by atoms with Crippen LogP contribution in [0.3, 0.4) is 0 Å². The molecule has 0 amide bonds. The standard InChI is InChI=1S/C3H3Cl/c1-2-3-4/h1-3H. The third-order valence-corrected chi connectivity index (χ3v) is 0.218. The lowest BCUT2D eigenvalue weighted by Crippen LogP contribution is -1.32. The normalized spacial score (nSPS) is 6.25. The van der Waals surface area contributed by atoms with Gasteiger partial charge in [-0.3, -0.25) is 0 Å². The van der Waals surface area contributed by atoms with E-state index in [-0.39, 0.29) is 0 Å². The van der Waals surface area contributed by atoms with E-state index in [9.17, 15) is 0 Å². The predicted molar refractivity (Wildman–Crippen MR) is 19.0 cm³/mol. The molecule has 0 rings (SSSR count). The molecule has 0 bridgehead atoms. The van der Waals surface area contributed by atoms with Gasteiger partial charge in [-0.2, -0.15) is 0 Å². The van der Waals surface area contributed by atoms with Gasteiger partial charge in [0.25, 0.3) is 0 Å². The number of hydrogen-bond donors (Lipinski definition) is 0. The molecule has 0 atom stereocenters. The molecule has 0 saturated carbocycles. The fourth-order valence-corrected chi connectivity index (χ4v) is 0. The first-order valence-electron chi connectivity index (χ1n) is 0.885. The lowest BCUT2D eigenvalue weighted by Gasteiger charge is -1.53. The molecule has 0 fully saturated rings. The molecule has 0 aromatic rings. The van der Waals surface area contributed by atoms with Gasteiger partial charge in [-0.05, 0) is 0 Å². The predicted octanol–water partition coefficient (Wildman–Crippen LogP) is 1.38. The van der Waals surface area contributed by atoms with Crippen molar-refractivity contribution in [2.75, 3.05) is 0 Å². The summed E-state index contributed by atoms with van der Waals surface area (Å²) >= 11 is 4.88. The molecule has 0 aliphatic heterocycles. The Hall–Kier alpha value is 0.0300. The van der Waals surface area contributed by atoms with Crippen LogP contribution in [0.2, 0.25) is 0 Å². The second-order valence-corrected chi connectivity index (χ2v) is 0.570. The fraction of sp³-hybridized carbons (Fsp3) is 0. The van der Waals surface area contributed by atoms with E-state index < -0.39 is 0 Å². The van der Waals surface area contributed by atoms with Crippen LogP contribution in [-0.2, 0) is 0 Å². The van der Waals surface area contributed by atoms with E-state index in [0.717, 1.165) is 0 Å². The van der Waals surface area contributed by atoms with Crippen LogP contribution in [0.25, 0.3) is 0 Å². The zero-order valence-corrected chi connectivity index (χ0v) is 2.87. The Bertz CT molecular complexity index is 17.2. The minimum Gasteiger partial charge on any atom is -0.116 e. The summed E-state index contributed by atoms with van der Waals surface area (Å²) in [5.41, 5.74) is 0. The van der Waals surface area contributed by atoms with Gasteiger partial charge in [0.1, 0.15) is 0 Å². The topological polar surface area (TPSA) is 0 Å². The van der Waals surface area contributed by atoms with Gasteiger partial charge in [-0.25, -0.2) is 0 Å². The molecule has 0 aromatic carbocycles. The third kappa shape index (κ3) is 2.03. The summed E-state index contributed by atoms with van der Waals surface area (Å²) in [7, 11) is 0. The molecule has 0 heterocycles. The van der Waals surface area contributed by atoms with Crippen molar-refractivity contribution in [3.63, 3.8) is 0 Å². The largest absolute Gasteiger partial charge is 0.116 e. The maximum Gasteiger partial charge on any atom is 0.0718 e. The van der Waals surface area contributed by atoms with Gasteiger partial charge in [0.05, 0.1) is 5.88 Å². The van der Waals surface area contributed by atoms with Crippen molar-refractivity contribution >= 4 is 11.6 Å². The SMILES string of the molecule is [CH]=C[CH]Cl. The van der Waals surface area contributed by atoms with E-state index in [2.05, 4.69) is 0 Å². The lowest BCUT2D eigenvalue weighted by molar-refractivity contribution is 2.04. The molecule has 0 aromatic heterocycles. The van der Waals surface area contributed by atoms with Crippen molar-refractivity contribution < 1.29 is 0 Å². The van der Waals surface area contributed by atoms with Crippen molar-refractivity contribution in [3.05, 3.63) is 18.5 Å². The Balaban J connectivity index is 2.30. The summed E-state index contributed by atoms with van der Waals surface area (Å²) in [5.74, 6) is 1.25. The summed E-state index contributed by atoms with van der Waals surface area (Å²) in [5, 5.41) is 0. The third-order valence-electron chi connectivity index (χ3n) is 0.0727.